The number of carbonyl (C=O) groups is 8. The van der Waals surface area contributed by atoms with Crippen molar-refractivity contribution >= 4 is 47.0 Å². The Bertz CT molecular complexity index is 3230. The summed E-state index contributed by atoms with van der Waals surface area (Å²) in [5, 5.41) is 28.7. The molecule has 0 bridgehead atoms. The number of nitrogens with zero attached hydrogens (tertiary/aromatic N) is 2. The van der Waals surface area contributed by atoms with Crippen molar-refractivity contribution in [2.75, 3.05) is 106 Å². The Morgan fingerprint density at radius 2 is 1.01 bits per heavy atom. The molecule has 6 aliphatic rings. The normalized spacial score (nSPS) is 22.3. The van der Waals surface area contributed by atoms with Crippen LogP contribution in [0.1, 0.15) is 48.9 Å². The molecule has 8 atom stereocenters. The Morgan fingerprint density at radius 3 is 1.53 bits per heavy atom. The Morgan fingerprint density at radius 1 is 0.533 bits per heavy atom. The van der Waals surface area contributed by atoms with E-state index < -0.39 is 88.4 Å². The van der Waals surface area contributed by atoms with E-state index in [9.17, 15) is 43.5 Å². The smallest absolute Gasteiger partial charge is 0.246 e. The molecule has 90 heavy (non-hydrogen) atoms. The second-order valence-corrected chi connectivity index (χ2v) is 24.6. The summed E-state index contributed by atoms with van der Waals surface area (Å²) >= 11 is 0. The standard InChI is InChI=1S/C66H82N8O16/c1-64(39-89-64)58(77)49(31-41-9-6-5-7-10-41)67-61(80)52(69-62(81)56(46-37-88-38-46)71-54(75)35-73-21-25-86-26-22-73)34-44-15-18-53(85-4)48(30-44)45-12-8-11-43(29-45)33-50(59(78)65(2)40-90-65)68-60(79)51(32-42-13-16-47(84-3)17-14-42)70-63(82)57(66(83)19-20-66)72-55(76)36-74-23-27-87-28-24-74/h5-18,29-30,46,49-52,56-57,83H,19-28,31-40H2,1-4H3,(H,67,80)(H,68,79)(H,69,81)(H,70,82)(H,71,75)(H,72,76). The summed E-state index contributed by atoms with van der Waals surface area (Å²) in [7, 11) is 3.04. The zero-order valence-electron chi connectivity index (χ0n) is 51.4. The van der Waals surface area contributed by atoms with Crippen LogP contribution in [0.3, 0.4) is 0 Å². The number of ketones is 2. The van der Waals surface area contributed by atoms with Gasteiger partial charge in [-0.15, -0.1) is 0 Å². The Hall–Kier alpha value is -7.68. The highest BCUT2D eigenvalue weighted by atomic mass is 16.6. The average molecular weight is 1240 g/mol. The number of carbonyl (C=O) groups excluding carboxylic acids is 8. The second-order valence-electron chi connectivity index (χ2n) is 24.6. The first-order valence-corrected chi connectivity index (χ1v) is 30.8. The molecule has 0 aromatic heterocycles. The van der Waals surface area contributed by atoms with E-state index in [1.165, 1.54) is 14.2 Å². The van der Waals surface area contributed by atoms with Crippen LogP contribution in [-0.2, 0) is 87.7 Å². The van der Waals surface area contributed by atoms with Crippen LogP contribution in [-0.4, -0.2) is 221 Å². The number of hydrogen-bond donors (Lipinski definition) is 7. The zero-order chi connectivity index (χ0) is 63.6. The van der Waals surface area contributed by atoms with Gasteiger partial charge in [0.05, 0.1) is 97.8 Å². The number of methoxy groups -OCH3 is 2. The number of benzene rings is 4. The van der Waals surface area contributed by atoms with Gasteiger partial charge in [0, 0.05) is 50.5 Å². The van der Waals surface area contributed by atoms with Crippen LogP contribution in [0.5, 0.6) is 11.5 Å². The number of epoxide rings is 2. The lowest BCUT2D eigenvalue weighted by molar-refractivity contribution is -0.139. The summed E-state index contributed by atoms with van der Waals surface area (Å²) in [4.78, 5) is 118. The maximum absolute atomic E-state index is 14.9. The fourth-order valence-corrected chi connectivity index (χ4v) is 11.5. The molecule has 5 saturated heterocycles. The number of Topliss-reactive ketones (excluding diaryl/α,β-unsaturated/α-hetero) is 2. The second kappa shape index (κ2) is 29.1. The molecule has 8 unspecified atom stereocenters. The number of amides is 6. The van der Waals surface area contributed by atoms with Gasteiger partial charge in [0.1, 0.15) is 46.9 Å². The average Bonchev–Trinajstić information content (AvgIpc) is 2.32. The van der Waals surface area contributed by atoms with Crippen LogP contribution in [0.25, 0.3) is 11.1 Å². The van der Waals surface area contributed by atoms with Gasteiger partial charge in [-0.1, -0.05) is 72.8 Å². The molecule has 24 heteroatoms. The fourth-order valence-electron chi connectivity index (χ4n) is 11.5. The van der Waals surface area contributed by atoms with Gasteiger partial charge in [-0.25, -0.2) is 0 Å². The van der Waals surface area contributed by atoms with Gasteiger partial charge in [-0.05, 0) is 91.6 Å². The first-order valence-electron chi connectivity index (χ1n) is 30.8. The molecule has 10 rings (SSSR count). The topological polar surface area (TPSA) is 307 Å². The minimum absolute atomic E-state index is 0.0180. The molecule has 1 aliphatic carbocycles. The molecule has 24 nitrogen and oxygen atoms in total. The largest absolute Gasteiger partial charge is 0.497 e. The van der Waals surface area contributed by atoms with E-state index in [2.05, 4.69) is 31.9 Å². The molecule has 6 amide bonds. The molecule has 482 valence electrons. The van der Waals surface area contributed by atoms with Gasteiger partial charge in [0.2, 0.25) is 35.4 Å². The van der Waals surface area contributed by atoms with Crippen LogP contribution >= 0.6 is 0 Å². The highest BCUT2D eigenvalue weighted by Gasteiger charge is 2.54. The summed E-state index contributed by atoms with van der Waals surface area (Å²) in [5.41, 5.74) is 0.0135. The van der Waals surface area contributed by atoms with E-state index in [4.69, 9.17) is 33.2 Å². The van der Waals surface area contributed by atoms with E-state index in [1.54, 1.807) is 62.4 Å². The van der Waals surface area contributed by atoms with Crippen molar-refractivity contribution in [1.29, 1.82) is 0 Å². The van der Waals surface area contributed by atoms with Crippen molar-refractivity contribution in [2.45, 2.75) is 105 Å². The van der Waals surface area contributed by atoms with E-state index in [-0.39, 0.29) is 95.7 Å². The summed E-state index contributed by atoms with van der Waals surface area (Å²) in [6.45, 7) is 8.10. The van der Waals surface area contributed by atoms with E-state index in [0.717, 1.165) is 5.56 Å². The van der Waals surface area contributed by atoms with Crippen molar-refractivity contribution in [3.8, 4) is 22.6 Å². The zero-order valence-corrected chi connectivity index (χ0v) is 51.4. The van der Waals surface area contributed by atoms with Crippen LogP contribution in [0.15, 0.2) is 97.1 Å². The maximum Gasteiger partial charge on any atom is 0.246 e. The van der Waals surface area contributed by atoms with Crippen LogP contribution in [0.2, 0.25) is 0 Å². The minimum Gasteiger partial charge on any atom is -0.497 e. The number of morpholine rings is 2. The molecular formula is C66H82N8O16. The van der Waals surface area contributed by atoms with Crippen molar-refractivity contribution < 1.29 is 76.6 Å². The highest BCUT2D eigenvalue weighted by Crippen LogP contribution is 2.39. The number of hydrogen-bond acceptors (Lipinski definition) is 18. The lowest BCUT2D eigenvalue weighted by Crippen LogP contribution is -2.61. The first kappa shape index (κ1) is 65.3. The monoisotopic (exact) mass is 1240 g/mol. The molecule has 6 fully saturated rings. The predicted octanol–water partition coefficient (Wildman–Crippen LogP) is 0.402. The third kappa shape index (κ3) is 17.0. The summed E-state index contributed by atoms with van der Waals surface area (Å²) < 4.78 is 38.9. The van der Waals surface area contributed by atoms with E-state index in [1.807, 2.05) is 58.3 Å². The molecule has 0 spiro atoms. The van der Waals surface area contributed by atoms with E-state index in [0.29, 0.717) is 91.9 Å². The SMILES string of the molecule is COc1ccc(CC(NC(=O)C(NC(=O)CN2CCOCC2)C2(O)CC2)C(=O)NC(Cc2cccc(-c3cc(CC(NC(=O)C(NC(=O)CN4CCOCC4)C4COC4)C(=O)NC(Cc4ccccc4)C(=O)C4(C)CO4)ccc3OC)c2)C(=O)C2(C)CO2)cc1. The lowest BCUT2D eigenvalue weighted by atomic mass is 9.91. The van der Waals surface area contributed by atoms with Gasteiger partial charge < -0.3 is 70.2 Å². The first-order chi connectivity index (χ1) is 43.3. The van der Waals surface area contributed by atoms with Gasteiger partial charge in [-0.2, -0.15) is 0 Å². The van der Waals surface area contributed by atoms with Crippen molar-refractivity contribution in [3.05, 3.63) is 119 Å². The molecule has 4 aromatic carbocycles. The van der Waals surface area contributed by atoms with Gasteiger partial charge in [-0.3, -0.25) is 48.2 Å². The van der Waals surface area contributed by atoms with Gasteiger partial charge in [0.15, 0.2) is 11.6 Å². The quantitative estimate of drug-likeness (QED) is 0.0336. The fraction of sp³-hybridized carbons (Fsp3) is 0.515. The minimum atomic E-state index is -1.53. The van der Waals surface area contributed by atoms with Crippen molar-refractivity contribution in [3.63, 3.8) is 0 Å². The molecule has 7 N–H and O–H groups in total. The van der Waals surface area contributed by atoms with Crippen LogP contribution in [0.4, 0.5) is 0 Å². The third-order valence-corrected chi connectivity index (χ3v) is 17.5. The number of aliphatic hydroxyl groups is 1. The highest BCUT2D eigenvalue weighted by molar-refractivity contribution is 6.00. The molecule has 5 heterocycles. The number of rotatable bonds is 31. The summed E-state index contributed by atoms with van der Waals surface area (Å²) in [6.07, 6.45) is 0.511. The Balaban J connectivity index is 0.904. The molecule has 1 saturated carbocycles. The van der Waals surface area contributed by atoms with Crippen LogP contribution < -0.4 is 41.4 Å². The van der Waals surface area contributed by atoms with Crippen molar-refractivity contribution in [1.82, 2.24) is 41.7 Å². The molecular weight excluding hydrogens is 1160 g/mol. The summed E-state index contributed by atoms with van der Waals surface area (Å²) in [6, 6.07) is 21.5. The van der Waals surface area contributed by atoms with Gasteiger partial charge >= 0.3 is 0 Å². The Labute approximate surface area is 523 Å². The molecule has 0 radical (unpaired) electrons. The third-order valence-electron chi connectivity index (χ3n) is 17.5. The van der Waals surface area contributed by atoms with Crippen molar-refractivity contribution in [2.24, 2.45) is 5.92 Å². The Kier molecular flexibility index (Phi) is 21.1. The number of nitrogens with one attached hydrogen (secondary N) is 6. The predicted molar refractivity (Wildman–Crippen MR) is 326 cm³/mol. The maximum atomic E-state index is 14.9. The lowest BCUT2D eigenvalue weighted by Gasteiger charge is -2.35. The summed E-state index contributed by atoms with van der Waals surface area (Å²) in [5.74, 6) is -3.65. The molecule has 4 aromatic rings. The number of ether oxygens (including phenoxy) is 7. The molecule has 5 aliphatic heterocycles. The van der Waals surface area contributed by atoms with Crippen LogP contribution in [0, 0.1) is 5.92 Å². The van der Waals surface area contributed by atoms with E-state index >= 15 is 0 Å². The van der Waals surface area contributed by atoms with Gasteiger partial charge in [0.25, 0.3) is 0 Å².